The number of aryl methyl sites for hydroxylation is 1. The molecule has 3 unspecified atom stereocenters. The quantitative estimate of drug-likeness (QED) is 0.894. The van der Waals surface area contributed by atoms with Crippen molar-refractivity contribution in [2.75, 3.05) is 33.8 Å². The largest absolute Gasteiger partial charge is 0.380 e. The first-order valence-electron chi connectivity index (χ1n) is 7.63. The van der Waals surface area contributed by atoms with Crippen LogP contribution in [0.1, 0.15) is 30.5 Å². The normalized spacial score (nSPS) is 25.6. The minimum absolute atomic E-state index is 0.374. The van der Waals surface area contributed by atoms with Gasteiger partial charge in [0.2, 0.25) is 0 Å². The van der Waals surface area contributed by atoms with Gasteiger partial charge in [-0.2, -0.15) is 0 Å². The molecule has 1 heterocycles. The number of methoxy groups -OCH3 is 1. The summed E-state index contributed by atoms with van der Waals surface area (Å²) in [6.07, 6.45) is 1.60. The maximum atomic E-state index is 5.61. The van der Waals surface area contributed by atoms with E-state index in [1.807, 2.05) is 14.2 Å². The third kappa shape index (κ3) is 3.81. The van der Waals surface area contributed by atoms with Crippen LogP contribution in [0.5, 0.6) is 0 Å². The second kappa shape index (κ2) is 7.21. The average molecular weight is 276 g/mol. The number of nitrogens with zero attached hydrogens (tertiary/aromatic N) is 1. The van der Waals surface area contributed by atoms with Crippen molar-refractivity contribution in [3.63, 3.8) is 0 Å². The van der Waals surface area contributed by atoms with E-state index in [0.717, 1.165) is 13.1 Å². The summed E-state index contributed by atoms with van der Waals surface area (Å²) in [7, 11) is 3.88. The summed E-state index contributed by atoms with van der Waals surface area (Å²) in [6, 6.07) is 9.24. The van der Waals surface area contributed by atoms with E-state index >= 15 is 0 Å². The van der Waals surface area contributed by atoms with Crippen molar-refractivity contribution in [3.05, 3.63) is 35.4 Å². The number of hydrogen-bond acceptors (Lipinski definition) is 3. The molecule has 1 saturated heterocycles. The lowest BCUT2D eigenvalue weighted by Crippen LogP contribution is -2.46. The van der Waals surface area contributed by atoms with Gasteiger partial charge in [0.1, 0.15) is 0 Å². The summed E-state index contributed by atoms with van der Waals surface area (Å²) in [6.45, 7) is 7.69. The van der Waals surface area contributed by atoms with Gasteiger partial charge in [0, 0.05) is 26.2 Å². The minimum atomic E-state index is 0.374. The van der Waals surface area contributed by atoms with Crippen LogP contribution in [0.3, 0.4) is 0 Å². The Morgan fingerprint density at radius 2 is 2.05 bits per heavy atom. The van der Waals surface area contributed by atoms with Crippen LogP contribution >= 0.6 is 0 Å². The highest BCUT2D eigenvalue weighted by atomic mass is 16.5. The summed E-state index contributed by atoms with van der Waals surface area (Å²) < 4.78 is 5.61. The maximum absolute atomic E-state index is 5.61. The predicted molar refractivity (Wildman–Crippen MR) is 84.0 cm³/mol. The minimum Gasteiger partial charge on any atom is -0.380 e. The number of hydrogen-bond donors (Lipinski definition) is 1. The second-order valence-corrected chi connectivity index (χ2v) is 6.05. The Bertz CT molecular complexity index is 404. The Morgan fingerprint density at radius 1 is 1.35 bits per heavy atom. The smallest absolute Gasteiger partial charge is 0.0724 e. The fourth-order valence-corrected chi connectivity index (χ4v) is 2.99. The first kappa shape index (κ1) is 15.5. The Balaban J connectivity index is 1.98. The van der Waals surface area contributed by atoms with Gasteiger partial charge >= 0.3 is 0 Å². The second-order valence-electron chi connectivity index (χ2n) is 6.05. The molecule has 1 aromatic rings. The molecule has 1 N–H and O–H groups in total. The summed E-state index contributed by atoms with van der Waals surface area (Å²) >= 11 is 0. The van der Waals surface area contributed by atoms with E-state index in [9.17, 15) is 0 Å². The molecule has 0 aromatic heterocycles. The molecule has 1 aliphatic heterocycles. The van der Waals surface area contributed by atoms with Crippen LogP contribution in [0.4, 0.5) is 0 Å². The Labute approximate surface area is 123 Å². The molecular formula is C17H28N2O. The highest BCUT2D eigenvalue weighted by molar-refractivity contribution is 5.24. The van der Waals surface area contributed by atoms with E-state index in [1.165, 1.54) is 24.1 Å². The number of likely N-dealkylation sites (tertiary alicyclic amines) is 1. The molecule has 3 atom stereocenters. The Kier molecular flexibility index (Phi) is 5.58. The summed E-state index contributed by atoms with van der Waals surface area (Å²) in [5.74, 6) is 0.670. The Morgan fingerprint density at radius 3 is 2.65 bits per heavy atom. The number of rotatable bonds is 5. The van der Waals surface area contributed by atoms with Gasteiger partial charge in [0.05, 0.1) is 6.10 Å². The molecule has 3 nitrogen and oxygen atoms in total. The van der Waals surface area contributed by atoms with Crippen LogP contribution in [0.15, 0.2) is 24.3 Å². The first-order chi connectivity index (χ1) is 9.63. The molecule has 0 spiro atoms. The number of benzene rings is 1. The van der Waals surface area contributed by atoms with Crippen molar-refractivity contribution < 1.29 is 4.74 Å². The summed E-state index contributed by atoms with van der Waals surface area (Å²) in [4.78, 5) is 2.52. The van der Waals surface area contributed by atoms with Crippen LogP contribution < -0.4 is 5.32 Å². The number of piperidine rings is 1. The van der Waals surface area contributed by atoms with Crippen molar-refractivity contribution in [3.8, 4) is 0 Å². The zero-order valence-electron chi connectivity index (χ0n) is 13.2. The molecule has 1 aromatic carbocycles. The number of nitrogens with one attached hydrogen (secondary N) is 1. The van der Waals surface area contributed by atoms with E-state index < -0.39 is 0 Å². The van der Waals surface area contributed by atoms with E-state index in [1.54, 1.807) is 0 Å². The molecule has 112 valence electrons. The van der Waals surface area contributed by atoms with Gasteiger partial charge in [0.15, 0.2) is 0 Å². The van der Waals surface area contributed by atoms with Crippen molar-refractivity contribution in [1.82, 2.24) is 10.2 Å². The molecular weight excluding hydrogens is 248 g/mol. The third-order valence-corrected chi connectivity index (χ3v) is 4.55. The highest BCUT2D eigenvalue weighted by Crippen LogP contribution is 2.22. The highest BCUT2D eigenvalue weighted by Gasteiger charge is 2.27. The first-order valence-corrected chi connectivity index (χ1v) is 7.63. The topological polar surface area (TPSA) is 24.5 Å². The molecule has 0 radical (unpaired) electrons. The van der Waals surface area contributed by atoms with E-state index in [0.29, 0.717) is 18.1 Å². The van der Waals surface area contributed by atoms with Crippen molar-refractivity contribution in [2.45, 2.75) is 32.4 Å². The lowest BCUT2D eigenvalue weighted by Gasteiger charge is -2.38. The van der Waals surface area contributed by atoms with Crippen LogP contribution in [0.25, 0.3) is 0 Å². The van der Waals surface area contributed by atoms with Crippen LogP contribution in [0.2, 0.25) is 0 Å². The van der Waals surface area contributed by atoms with Crippen molar-refractivity contribution in [1.29, 1.82) is 0 Å². The third-order valence-electron chi connectivity index (χ3n) is 4.55. The molecule has 0 saturated carbocycles. The lowest BCUT2D eigenvalue weighted by molar-refractivity contribution is -0.00729. The maximum Gasteiger partial charge on any atom is 0.0724 e. The van der Waals surface area contributed by atoms with Crippen LogP contribution in [-0.2, 0) is 4.74 Å². The van der Waals surface area contributed by atoms with Crippen molar-refractivity contribution >= 4 is 0 Å². The molecule has 3 heteroatoms. The van der Waals surface area contributed by atoms with Gasteiger partial charge in [-0.1, -0.05) is 36.8 Å². The summed E-state index contributed by atoms with van der Waals surface area (Å²) in [5.41, 5.74) is 2.68. The fraction of sp³-hybridized carbons (Fsp3) is 0.647. The number of ether oxygens (including phenoxy) is 1. The predicted octanol–water partition coefficient (Wildman–Crippen LogP) is 2.61. The Hall–Kier alpha value is -0.900. The molecule has 0 bridgehead atoms. The fourth-order valence-electron chi connectivity index (χ4n) is 2.99. The van der Waals surface area contributed by atoms with E-state index in [4.69, 9.17) is 4.74 Å². The molecule has 2 rings (SSSR count). The van der Waals surface area contributed by atoms with Gasteiger partial charge in [-0.05, 0) is 38.4 Å². The van der Waals surface area contributed by atoms with Gasteiger partial charge < -0.3 is 10.1 Å². The van der Waals surface area contributed by atoms with E-state index in [-0.39, 0.29) is 0 Å². The standard InChI is InChI=1S/C17H28N2O/c1-13-5-7-15(8-6-13)16(18-3)11-19-10-9-14(2)17(12-19)20-4/h5-8,14,16-18H,9-12H2,1-4H3. The molecule has 1 aliphatic rings. The number of likely N-dealkylation sites (N-methyl/N-ethyl adjacent to an activating group) is 1. The summed E-state index contributed by atoms with van der Waals surface area (Å²) in [5, 5.41) is 3.45. The van der Waals surface area contributed by atoms with Gasteiger partial charge in [-0.15, -0.1) is 0 Å². The average Bonchev–Trinajstić information content (AvgIpc) is 2.47. The molecule has 1 fully saturated rings. The van der Waals surface area contributed by atoms with Gasteiger partial charge in [-0.25, -0.2) is 0 Å². The monoisotopic (exact) mass is 276 g/mol. The van der Waals surface area contributed by atoms with E-state index in [2.05, 4.69) is 48.3 Å². The van der Waals surface area contributed by atoms with Crippen LogP contribution in [-0.4, -0.2) is 44.8 Å². The van der Waals surface area contributed by atoms with Crippen molar-refractivity contribution in [2.24, 2.45) is 5.92 Å². The molecule has 20 heavy (non-hydrogen) atoms. The lowest BCUT2D eigenvalue weighted by atomic mass is 9.95. The zero-order chi connectivity index (χ0) is 14.5. The SMILES string of the molecule is CNC(CN1CCC(C)C(OC)C1)c1ccc(C)cc1. The van der Waals surface area contributed by atoms with Gasteiger partial charge in [0.25, 0.3) is 0 Å². The van der Waals surface area contributed by atoms with Gasteiger partial charge in [-0.3, -0.25) is 4.90 Å². The molecule has 0 aliphatic carbocycles. The molecule has 0 amide bonds. The zero-order valence-corrected chi connectivity index (χ0v) is 13.2. The van der Waals surface area contributed by atoms with Crippen LogP contribution in [0, 0.1) is 12.8 Å².